The summed E-state index contributed by atoms with van der Waals surface area (Å²) in [6, 6.07) is 15.3. The van der Waals surface area contributed by atoms with Gasteiger partial charge in [-0.1, -0.05) is 30.3 Å². The number of carbonyl (C=O) groups excluding carboxylic acids is 2. The summed E-state index contributed by atoms with van der Waals surface area (Å²) in [6.45, 7) is -0.526. The van der Waals surface area contributed by atoms with Crippen LogP contribution in [0, 0.1) is 5.82 Å². The highest BCUT2D eigenvalue weighted by Gasteiger charge is 2.36. The number of nitrogens with zero attached hydrogens (tertiary/aromatic N) is 1. The molecule has 0 radical (unpaired) electrons. The molecule has 4 N–H and O–H groups in total. The van der Waals surface area contributed by atoms with Gasteiger partial charge in [0.2, 0.25) is 0 Å². The molecular formula is C21H17FN4O4S. The van der Waals surface area contributed by atoms with Gasteiger partial charge in [-0.15, -0.1) is 0 Å². The number of halogens is 1. The maximum Gasteiger partial charge on any atom is 0.336 e. The Morgan fingerprint density at radius 3 is 2.52 bits per heavy atom. The second-order valence-corrected chi connectivity index (χ2v) is 8.62. The van der Waals surface area contributed by atoms with Gasteiger partial charge in [-0.3, -0.25) is 4.79 Å². The minimum absolute atomic E-state index is 0.0146. The Labute approximate surface area is 177 Å². The fourth-order valence-corrected chi connectivity index (χ4v) is 4.59. The highest BCUT2D eigenvalue weighted by molar-refractivity contribution is 7.90. The van der Waals surface area contributed by atoms with Crippen LogP contribution in [0.1, 0.15) is 15.9 Å². The van der Waals surface area contributed by atoms with E-state index < -0.39 is 34.3 Å². The number of fused-ring (bicyclic) bond motifs is 1. The van der Waals surface area contributed by atoms with Crippen LogP contribution in [0.3, 0.4) is 0 Å². The van der Waals surface area contributed by atoms with Gasteiger partial charge >= 0.3 is 6.03 Å². The number of nitrogen functional groups attached to an aromatic ring is 1. The van der Waals surface area contributed by atoms with E-state index in [1.54, 1.807) is 30.3 Å². The molecule has 0 unspecified atom stereocenters. The van der Waals surface area contributed by atoms with E-state index in [2.05, 4.69) is 10.6 Å². The zero-order valence-electron chi connectivity index (χ0n) is 16.0. The van der Waals surface area contributed by atoms with Crippen molar-refractivity contribution in [3.05, 3.63) is 83.7 Å². The van der Waals surface area contributed by atoms with E-state index in [1.807, 2.05) is 0 Å². The third-order valence-electron chi connectivity index (χ3n) is 4.76. The Morgan fingerprint density at radius 1 is 1.06 bits per heavy atom. The molecular weight excluding hydrogens is 423 g/mol. The van der Waals surface area contributed by atoms with Crippen molar-refractivity contribution < 1.29 is 22.4 Å². The minimum atomic E-state index is -4.16. The lowest BCUT2D eigenvalue weighted by atomic mass is 10.1. The SMILES string of the molecule is Nc1ccccc1NC(=O)c1ccc(CN2C(=O)Nc3ccccc3S2(=O)=O)c(F)c1. The van der Waals surface area contributed by atoms with Crippen LogP contribution >= 0.6 is 0 Å². The van der Waals surface area contributed by atoms with E-state index in [9.17, 15) is 22.4 Å². The van der Waals surface area contributed by atoms with Gasteiger partial charge < -0.3 is 16.4 Å². The molecule has 8 nitrogen and oxygen atoms in total. The molecule has 31 heavy (non-hydrogen) atoms. The van der Waals surface area contributed by atoms with Crippen LogP contribution in [0.2, 0.25) is 0 Å². The first-order valence-corrected chi connectivity index (χ1v) is 10.6. The molecule has 1 aliphatic rings. The van der Waals surface area contributed by atoms with Crippen LogP contribution in [0.25, 0.3) is 0 Å². The lowest BCUT2D eigenvalue weighted by Crippen LogP contribution is -2.43. The molecule has 4 rings (SSSR count). The quantitative estimate of drug-likeness (QED) is 0.537. The van der Waals surface area contributed by atoms with Crippen molar-refractivity contribution in [2.24, 2.45) is 0 Å². The zero-order valence-corrected chi connectivity index (χ0v) is 16.8. The van der Waals surface area contributed by atoms with Crippen molar-refractivity contribution >= 4 is 39.0 Å². The number of para-hydroxylation sites is 3. The Kier molecular flexibility index (Phi) is 5.07. The van der Waals surface area contributed by atoms with Crippen LogP contribution in [0.15, 0.2) is 71.6 Å². The number of benzene rings is 3. The maximum atomic E-state index is 14.7. The standard InChI is InChI=1S/C21H17FN4O4S/c22-15-11-13(20(27)24-17-6-2-1-5-16(17)23)9-10-14(15)12-26-21(28)25-18-7-3-4-8-19(18)31(26,29)30/h1-11H,12,23H2,(H,24,27)(H,25,28). The number of nitrogens with two attached hydrogens (primary N) is 1. The molecule has 0 bridgehead atoms. The monoisotopic (exact) mass is 440 g/mol. The summed E-state index contributed by atoms with van der Waals surface area (Å²) in [7, 11) is -4.16. The first kappa shape index (κ1) is 20.4. The molecule has 3 amide bonds. The molecule has 10 heteroatoms. The van der Waals surface area contributed by atoms with E-state index in [0.29, 0.717) is 15.7 Å². The molecule has 3 aromatic carbocycles. The first-order chi connectivity index (χ1) is 14.8. The number of anilines is 3. The summed E-state index contributed by atoms with van der Waals surface area (Å²) in [5.41, 5.74) is 6.64. The van der Waals surface area contributed by atoms with Gasteiger partial charge in [0.25, 0.3) is 15.9 Å². The van der Waals surface area contributed by atoms with Gasteiger partial charge in [-0.05, 0) is 36.4 Å². The average molecular weight is 440 g/mol. The lowest BCUT2D eigenvalue weighted by Gasteiger charge is -2.28. The fourth-order valence-electron chi connectivity index (χ4n) is 3.13. The molecule has 1 heterocycles. The van der Waals surface area contributed by atoms with E-state index in [1.165, 1.54) is 30.3 Å². The molecule has 1 aliphatic heterocycles. The summed E-state index contributed by atoms with van der Waals surface area (Å²) >= 11 is 0. The number of hydrogen-bond donors (Lipinski definition) is 3. The van der Waals surface area contributed by atoms with Crippen molar-refractivity contribution in [2.45, 2.75) is 11.4 Å². The third-order valence-corrected chi connectivity index (χ3v) is 6.55. The van der Waals surface area contributed by atoms with Crippen LogP contribution in [0.4, 0.5) is 26.2 Å². The van der Waals surface area contributed by atoms with E-state index in [-0.39, 0.29) is 21.7 Å². The maximum absolute atomic E-state index is 14.7. The summed E-state index contributed by atoms with van der Waals surface area (Å²) in [6.07, 6.45) is 0. The summed E-state index contributed by atoms with van der Waals surface area (Å²) in [4.78, 5) is 24.7. The Morgan fingerprint density at radius 2 is 1.77 bits per heavy atom. The number of hydrogen-bond acceptors (Lipinski definition) is 5. The van der Waals surface area contributed by atoms with Gasteiger partial charge in [-0.25, -0.2) is 21.9 Å². The largest absolute Gasteiger partial charge is 0.397 e. The molecule has 3 aromatic rings. The first-order valence-electron chi connectivity index (χ1n) is 9.14. The molecule has 0 saturated heterocycles. The van der Waals surface area contributed by atoms with Crippen LogP contribution < -0.4 is 16.4 Å². The second kappa shape index (κ2) is 7.73. The number of carbonyl (C=O) groups is 2. The van der Waals surface area contributed by atoms with Gasteiger partial charge in [0.1, 0.15) is 10.7 Å². The molecule has 158 valence electrons. The molecule has 0 spiro atoms. The van der Waals surface area contributed by atoms with Crippen molar-refractivity contribution in [3.8, 4) is 0 Å². The van der Waals surface area contributed by atoms with Crippen LogP contribution in [-0.4, -0.2) is 24.7 Å². The average Bonchev–Trinajstić information content (AvgIpc) is 2.73. The second-order valence-electron chi connectivity index (χ2n) is 6.79. The Balaban J connectivity index is 1.57. The van der Waals surface area contributed by atoms with Crippen molar-refractivity contribution in [2.75, 3.05) is 16.4 Å². The van der Waals surface area contributed by atoms with Gasteiger partial charge in [0.05, 0.1) is 23.6 Å². The molecule has 0 aromatic heterocycles. The van der Waals surface area contributed by atoms with Crippen molar-refractivity contribution in [3.63, 3.8) is 0 Å². The highest BCUT2D eigenvalue weighted by atomic mass is 32.2. The Hall–Kier alpha value is -3.92. The summed E-state index contributed by atoms with van der Waals surface area (Å²) in [5, 5.41) is 5.06. The minimum Gasteiger partial charge on any atom is -0.397 e. The molecule has 0 fully saturated rings. The summed E-state index contributed by atoms with van der Waals surface area (Å²) in [5.74, 6) is -1.41. The number of amides is 3. The van der Waals surface area contributed by atoms with Gasteiger partial charge in [0.15, 0.2) is 0 Å². The van der Waals surface area contributed by atoms with Crippen LogP contribution in [0.5, 0.6) is 0 Å². The fraction of sp³-hybridized carbons (Fsp3) is 0.0476. The predicted octanol–water partition coefficient (Wildman–Crippen LogP) is 3.40. The van der Waals surface area contributed by atoms with E-state index in [4.69, 9.17) is 5.73 Å². The Bertz CT molecular complexity index is 1310. The number of rotatable bonds is 4. The van der Waals surface area contributed by atoms with Gasteiger partial charge in [-0.2, -0.15) is 0 Å². The highest BCUT2D eigenvalue weighted by Crippen LogP contribution is 2.31. The number of urea groups is 1. The van der Waals surface area contributed by atoms with E-state index >= 15 is 0 Å². The van der Waals surface area contributed by atoms with Crippen molar-refractivity contribution in [1.29, 1.82) is 0 Å². The number of nitrogens with one attached hydrogen (secondary N) is 2. The topological polar surface area (TPSA) is 122 Å². The molecule has 0 saturated carbocycles. The normalized spacial score (nSPS) is 14.5. The predicted molar refractivity (Wildman–Crippen MR) is 113 cm³/mol. The lowest BCUT2D eigenvalue weighted by molar-refractivity contribution is 0.102. The molecule has 0 atom stereocenters. The van der Waals surface area contributed by atoms with Gasteiger partial charge in [0, 0.05) is 11.1 Å². The number of sulfonamides is 1. The van der Waals surface area contributed by atoms with E-state index in [0.717, 1.165) is 6.07 Å². The third kappa shape index (κ3) is 3.80. The van der Waals surface area contributed by atoms with Crippen molar-refractivity contribution in [1.82, 2.24) is 4.31 Å². The molecule has 0 aliphatic carbocycles. The zero-order chi connectivity index (χ0) is 22.2. The smallest absolute Gasteiger partial charge is 0.336 e. The van der Waals surface area contributed by atoms with Crippen LogP contribution in [-0.2, 0) is 16.6 Å². The summed E-state index contributed by atoms with van der Waals surface area (Å²) < 4.78 is 40.9.